The van der Waals surface area contributed by atoms with Crippen molar-refractivity contribution in [3.05, 3.63) is 24.3 Å². The third-order valence-corrected chi connectivity index (χ3v) is 1.41. The number of aromatic nitrogens is 2. The van der Waals surface area contributed by atoms with Crippen LogP contribution in [0.4, 0.5) is 0 Å². The zero-order valence-corrected chi connectivity index (χ0v) is 6.47. The van der Waals surface area contributed by atoms with Crippen LogP contribution in [0.1, 0.15) is 18.2 Å². The zero-order chi connectivity index (χ0) is 8.97. The minimum Gasteiger partial charge on any atom is -0.370 e. The number of rotatable bonds is 3. The first-order chi connectivity index (χ1) is 5.70. The van der Waals surface area contributed by atoms with E-state index in [1.165, 1.54) is 6.33 Å². The fourth-order valence-electron chi connectivity index (χ4n) is 0.842. The molecule has 0 saturated carbocycles. The van der Waals surface area contributed by atoms with Gasteiger partial charge in [0.25, 0.3) is 0 Å². The van der Waals surface area contributed by atoms with Crippen LogP contribution in [-0.4, -0.2) is 15.9 Å². The minimum absolute atomic E-state index is 0.108. The molecule has 12 heavy (non-hydrogen) atoms. The largest absolute Gasteiger partial charge is 0.370 e. The summed E-state index contributed by atoms with van der Waals surface area (Å²) in [4.78, 5) is 18.1. The number of hydrogen-bond donors (Lipinski definition) is 2. The molecule has 0 unspecified atom stereocenters. The molecule has 1 rings (SSSR count). The van der Waals surface area contributed by atoms with Crippen LogP contribution in [0.25, 0.3) is 0 Å². The highest BCUT2D eigenvalue weighted by atomic mass is 16.1. The molecule has 0 radical (unpaired) electrons. The molecule has 1 amide bonds. The van der Waals surface area contributed by atoms with Crippen molar-refractivity contribution in [3.63, 3.8) is 0 Å². The Bertz CT molecular complexity index is 261. The lowest BCUT2D eigenvalue weighted by Gasteiger charge is -2.06. The minimum atomic E-state index is -0.430. The smallest absolute Gasteiger partial charge is 0.219 e. The summed E-state index contributed by atoms with van der Waals surface area (Å²) in [7, 11) is 0. The Morgan fingerprint density at radius 3 is 2.92 bits per heavy atom. The van der Waals surface area contributed by atoms with Crippen LogP contribution in [0.2, 0.25) is 0 Å². The molecule has 1 heterocycles. The van der Waals surface area contributed by atoms with Crippen LogP contribution >= 0.6 is 0 Å². The molecule has 0 aliphatic heterocycles. The highest BCUT2D eigenvalue weighted by molar-refractivity contribution is 5.74. The van der Waals surface area contributed by atoms with E-state index < -0.39 is 11.9 Å². The van der Waals surface area contributed by atoms with Crippen LogP contribution in [0.15, 0.2) is 18.6 Å². The van der Waals surface area contributed by atoms with E-state index in [1.54, 1.807) is 12.3 Å². The van der Waals surface area contributed by atoms with Gasteiger partial charge in [-0.2, -0.15) is 0 Å². The van der Waals surface area contributed by atoms with Gasteiger partial charge >= 0.3 is 0 Å². The second-order valence-corrected chi connectivity index (χ2v) is 2.41. The van der Waals surface area contributed by atoms with Crippen LogP contribution in [-0.2, 0) is 4.79 Å². The Hall–Kier alpha value is -1.49. The van der Waals surface area contributed by atoms with Gasteiger partial charge in [0.2, 0.25) is 5.91 Å². The SMILES string of the molecule is NC(=O)C[C@H](N)c1ccncn1. The number of amides is 1. The molecule has 0 spiro atoms. The van der Waals surface area contributed by atoms with Crippen molar-refractivity contribution in [2.45, 2.75) is 12.5 Å². The summed E-state index contributed by atoms with van der Waals surface area (Å²) in [5.74, 6) is -0.430. The number of hydrogen-bond acceptors (Lipinski definition) is 4. The molecule has 1 aromatic heterocycles. The molecule has 0 saturated heterocycles. The molecule has 64 valence electrons. The van der Waals surface area contributed by atoms with Gasteiger partial charge in [0.15, 0.2) is 0 Å². The lowest BCUT2D eigenvalue weighted by molar-refractivity contribution is -0.118. The second kappa shape index (κ2) is 3.77. The third-order valence-electron chi connectivity index (χ3n) is 1.41. The van der Waals surface area contributed by atoms with Crippen molar-refractivity contribution in [1.29, 1.82) is 0 Å². The van der Waals surface area contributed by atoms with Crippen LogP contribution in [0.3, 0.4) is 0 Å². The molecule has 5 nitrogen and oxygen atoms in total. The monoisotopic (exact) mass is 166 g/mol. The average Bonchev–Trinajstić information content (AvgIpc) is 2.05. The quantitative estimate of drug-likeness (QED) is 0.623. The Balaban J connectivity index is 2.65. The molecular formula is C7H10N4O. The van der Waals surface area contributed by atoms with Crippen molar-refractivity contribution in [1.82, 2.24) is 9.97 Å². The van der Waals surface area contributed by atoms with E-state index in [0.29, 0.717) is 5.69 Å². The Kier molecular flexibility index (Phi) is 2.71. The van der Waals surface area contributed by atoms with E-state index in [1.807, 2.05) is 0 Å². The van der Waals surface area contributed by atoms with Gasteiger partial charge in [-0.1, -0.05) is 0 Å². The maximum absolute atomic E-state index is 10.5. The highest BCUT2D eigenvalue weighted by Crippen LogP contribution is 2.08. The molecule has 1 aromatic rings. The predicted molar refractivity (Wildman–Crippen MR) is 42.8 cm³/mol. The summed E-state index contributed by atoms with van der Waals surface area (Å²) >= 11 is 0. The van der Waals surface area contributed by atoms with Gasteiger partial charge in [0.05, 0.1) is 11.7 Å². The standard InChI is InChI=1S/C7H10N4O/c8-5(3-7(9)12)6-1-2-10-4-11-6/h1-2,4-5H,3,8H2,(H2,9,12)/t5-/m0/s1. The lowest BCUT2D eigenvalue weighted by Crippen LogP contribution is -2.21. The van der Waals surface area contributed by atoms with Crippen molar-refractivity contribution in [3.8, 4) is 0 Å². The molecule has 0 aliphatic rings. The van der Waals surface area contributed by atoms with E-state index in [-0.39, 0.29) is 6.42 Å². The van der Waals surface area contributed by atoms with E-state index in [0.717, 1.165) is 0 Å². The van der Waals surface area contributed by atoms with Gasteiger partial charge in [0.1, 0.15) is 6.33 Å². The van der Waals surface area contributed by atoms with Gasteiger partial charge in [-0.05, 0) is 6.07 Å². The molecule has 0 aromatic carbocycles. The maximum atomic E-state index is 10.5. The van der Waals surface area contributed by atoms with Crippen LogP contribution < -0.4 is 11.5 Å². The zero-order valence-electron chi connectivity index (χ0n) is 6.47. The van der Waals surface area contributed by atoms with Crippen molar-refractivity contribution in [2.24, 2.45) is 11.5 Å². The summed E-state index contributed by atoms with van der Waals surface area (Å²) in [6.45, 7) is 0. The first-order valence-corrected chi connectivity index (χ1v) is 3.50. The number of nitrogens with zero attached hydrogens (tertiary/aromatic N) is 2. The number of primary amides is 1. The fourth-order valence-corrected chi connectivity index (χ4v) is 0.842. The average molecular weight is 166 g/mol. The van der Waals surface area contributed by atoms with Crippen molar-refractivity contribution in [2.75, 3.05) is 0 Å². The number of carbonyl (C=O) groups excluding carboxylic acids is 1. The van der Waals surface area contributed by atoms with Gasteiger partial charge in [-0.25, -0.2) is 9.97 Å². The normalized spacial score (nSPS) is 12.4. The van der Waals surface area contributed by atoms with Gasteiger partial charge in [0, 0.05) is 12.6 Å². The van der Waals surface area contributed by atoms with Gasteiger partial charge in [-0.3, -0.25) is 4.79 Å². The van der Waals surface area contributed by atoms with Gasteiger partial charge < -0.3 is 11.5 Å². The van der Waals surface area contributed by atoms with Crippen molar-refractivity contribution < 1.29 is 4.79 Å². The van der Waals surface area contributed by atoms with E-state index in [4.69, 9.17) is 11.5 Å². The molecule has 0 fully saturated rings. The summed E-state index contributed by atoms with van der Waals surface area (Å²) in [6.07, 6.45) is 3.07. The second-order valence-electron chi connectivity index (χ2n) is 2.41. The summed E-state index contributed by atoms with van der Waals surface area (Å²) in [5.41, 5.74) is 11.2. The summed E-state index contributed by atoms with van der Waals surface area (Å²) in [5, 5.41) is 0. The predicted octanol–water partition coefficient (Wildman–Crippen LogP) is -0.648. The highest BCUT2D eigenvalue weighted by Gasteiger charge is 2.09. The molecule has 5 heteroatoms. The number of carbonyl (C=O) groups is 1. The Morgan fingerprint density at radius 2 is 2.42 bits per heavy atom. The first kappa shape index (κ1) is 8.61. The third kappa shape index (κ3) is 2.28. The Morgan fingerprint density at radius 1 is 1.67 bits per heavy atom. The Labute approximate surface area is 69.8 Å². The van der Waals surface area contributed by atoms with Crippen LogP contribution in [0, 0.1) is 0 Å². The maximum Gasteiger partial charge on any atom is 0.219 e. The topological polar surface area (TPSA) is 94.9 Å². The molecular weight excluding hydrogens is 156 g/mol. The molecule has 1 atom stereocenters. The van der Waals surface area contributed by atoms with E-state index in [9.17, 15) is 4.79 Å². The fraction of sp³-hybridized carbons (Fsp3) is 0.286. The van der Waals surface area contributed by atoms with Crippen molar-refractivity contribution >= 4 is 5.91 Å². The van der Waals surface area contributed by atoms with E-state index >= 15 is 0 Å². The molecule has 4 N–H and O–H groups in total. The van der Waals surface area contributed by atoms with E-state index in [2.05, 4.69) is 9.97 Å². The first-order valence-electron chi connectivity index (χ1n) is 3.50. The lowest BCUT2D eigenvalue weighted by atomic mass is 10.1. The summed E-state index contributed by atoms with van der Waals surface area (Å²) < 4.78 is 0. The number of nitrogens with two attached hydrogens (primary N) is 2. The summed E-state index contributed by atoms with van der Waals surface area (Å²) in [6, 6.07) is 1.23. The molecule has 0 bridgehead atoms. The van der Waals surface area contributed by atoms with Gasteiger partial charge in [-0.15, -0.1) is 0 Å². The van der Waals surface area contributed by atoms with Crippen LogP contribution in [0.5, 0.6) is 0 Å². The molecule has 0 aliphatic carbocycles.